The number of hydrogen-bond donors (Lipinski definition) is 1. The number of amides is 1. The van der Waals surface area contributed by atoms with Crippen molar-refractivity contribution in [2.24, 2.45) is 4.40 Å². The monoisotopic (exact) mass is 464 g/mol. The number of nitrogens with zero attached hydrogens (tertiary/aromatic N) is 3. The topological polar surface area (TPSA) is 91.3 Å². The highest BCUT2D eigenvalue weighted by Crippen LogP contribution is 2.42. The van der Waals surface area contributed by atoms with Gasteiger partial charge in [-0.3, -0.25) is 9.69 Å². The van der Waals surface area contributed by atoms with Crippen molar-refractivity contribution in [3.05, 3.63) is 23.8 Å². The molecule has 5 rings (SSSR count). The number of nitrogens with one attached hydrogen (secondary N) is 1. The number of anilines is 1. The second-order valence-electron chi connectivity index (χ2n) is 8.66. The summed E-state index contributed by atoms with van der Waals surface area (Å²) in [7, 11) is -3.39. The van der Waals surface area contributed by atoms with Crippen molar-refractivity contribution in [2.75, 3.05) is 50.0 Å². The van der Waals surface area contributed by atoms with E-state index in [4.69, 9.17) is 4.74 Å². The van der Waals surface area contributed by atoms with Crippen LogP contribution in [-0.4, -0.2) is 75.1 Å². The van der Waals surface area contributed by atoms with Crippen molar-refractivity contribution in [1.82, 2.24) is 10.2 Å². The van der Waals surface area contributed by atoms with Gasteiger partial charge in [-0.2, -0.15) is 0 Å². The Morgan fingerprint density at radius 2 is 1.94 bits per heavy atom. The Labute approximate surface area is 187 Å². The van der Waals surface area contributed by atoms with Crippen LogP contribution in [0.5, 0.6) is 0 Å². The van der Waals surface area contributed by atoms with E-state index in [0.717, 1.165) is 49.7 Å². The molecule has 0 atom stereocenters. The Morgan fingerprint density at radius 1 is 1.16 bits per heavy atom. The van der Waals surface area contributed by atoms with Crippen molar-refractivity contribution in [2.45, 2.75) is 42.5 Å². The minimum atomic E-state index is -3.39. The first-order valence-corrected chi connectivity index (χ1v) is 13.4. The van der Waals surface area contributed by atoms with Gasteiger partial charge in [0.25, 0.3) is 15.9 Å². The highest BCUT2D eigenvalue weighted by atomic mass is 32.2. The van der Waals surface area contributed by atoms with Gasteiger partial charge in [0.15, 0.2) is 5.17 Å². The second kappa shape index (κ2) is 8.38. The average molecular weight is 465 g/mol. The van der Waals surface area contributed by atoms with Gasteiger partial charge < -0.3 is 15.0 Å². The lowest BCUT2D eigenvalue weighted by atomic mass is 9.79. The summed E-state index contributed by atoms with van der Waals surface area (Å²) < 4.78 is 33.1. The fourth-order valence-corrected chi connectivity index (χ4v) is 7.37. The summed E-state index contributed by atoms with van der Waals surface area (Å²) in [5, 5.41) is 3.68. The van der Waals surface area contributed by atoms with E-state index in [0.29, 0.717) is 23.8 Å². The van der Waals surface area contributed by atoms with Crippen molar-refractivity contribution < 1.29 is 17.9 Å². The molecule has 3 heterocycles. The van der Waals surface area contributed by atoms with Gasteiger partial charge in [-0.05, 0) is 42.8 Å². The molecular weight excluding hydrogens is 436 g/mol. The maximum absolute atomic E-state index is 13.0. The number of rotatable bonds is 4. The second-order valence-corrected chi connectivity index (χ2v) is 11.4. The van der Waals surface area contributed by atoms with Gasteiger partial charge in [-0.1, -0.05) is 19.3 Å². The molecule has 8 nitrogen and oxygen atoms in total. The van der Waals surface area contributed by atoms with Crippen LogP contribution in [0.2, 0.25) is 0 Å². The normalized spacial score (nSPS) is 24.8. The van der Waals surface area contributed by atoms with Crippen molar-refractivity contribution in [3.63, 3.8) is 0 Å². The minimum absolute atomic E-state index is 0.0162. The van der Waals surface area contributed by atoms with Gasteiger partial charge in [0.2, 0.25) is 0 Å². The summed E-state index contributed by atoms with van der Waals surface area (Å²) in [6.07, 6.45) is 5.87. The molecule has 2 fully saturated rings. The molecule has 31 heavy (non-hydrogen) atoms. The van der Waals surface area contributed by atoms with E-state index in [9.17, 15) is 13.2 Å². The van der Waals surface area contributed by atoms with Crippen molar-refractivity contribution in [3.8, 4) is 0 Å². The minimum Gasteiger partial charge on any atom is -0.379 e. The third-order valence-electron chi connectivity index (χ3n) is 6.78. The smallest absolute Gasteiger partial charge is 0.257 e. The molecular formula is C21H28N4O4S2. The quantitative estimate of drug-likeness (QED) is 0.729. The average Bonchev–Trinajstić information content (AvgIpc) is 3.14. The van der Waals surface area contributed by atoms with Crippen molar-refractivity contribution >= 4 is 38.5 Å². The first kappa shape index (κ1) is 21.2. The van der Waals surface area contributed by atoms with Crippen molar-refractivity contribution in [1.29, 1.82) is 0 Å². The van der Waals surface area contributed by atoms with Gasteiger partial charge in [-0.15, -0.1) is 4.40 Å². The number of fused-ring (bicyclic) bond motifs is 3. The number of hydrogen-bond acceptors (Lipinski definition) is 7. The van der Waals surface area contributed by atoms with E-state index in [1.165, 1.54) is 31.0 Å². The Morgan fingerprint density at radius 3 is 2.71 bits per heavy atom. The number of ether oxygens (including phenoxy) is 1. The van der Waals surface area contributed by atoms with Crippen LogP contribution in [0.15, 0.2) is 27.5 Å². The molecule has 0 spiro atoms. The molecule has 4 aliphatic rings. The zero-order valence-corrected chi connectivity index (χ0v) is 19.1. The number of carbonyl (C=O) groups is 1. The molecule has 0 radical (unpaired) electrons. The maximum Gasteiger partial charge on any atom is 0.257 e. The van der Waals surface area contributed by atoms with E-state index < -0.39 is 10.0 Å². The van der Waals surface area contributed by atoms with E-state index >= 15 is 0 Å². The molecule has 1 saturated heterocycles. The molecule has 3 aliphatic heterocycles. The molecule has 0 bridgehead atoms. The van der Waals surface area contributed by atoms with E-state index in [1.54, 1.807) is 0 Å². The Bertz CT molecular complexity index is 999. The summed E-state index contributed by atoms with van der Waals surface area (Å²) >= 11 is 1.32. The zero-order valence-electron chi connectivity index (χ0n) is 17.5. The highest BCUT2D eigenvalue weighted by molar-refractivity contribution is 8.15. The van der Waals surface area contributed by atoms with E-state index in [2.05, 4.69) is 14.6 Å². The third kappa shape index (κ3) is 4.22. The Kier molecular flexibility index (Phi) is 5.74. The van der Waals surface area contributed by atoms with Crippen LogP contribution in [0, 0.1) is 0 Å². The van der Waals surface area contributed by atoms with Crippen LogP contribution in [0.3, 0.4) is 0 Å². The van der Waals surface area contributed by atoms with Gasteiger partial charge in [0, 0.05) is 42.2 Å². The first-order chi connectivity index (χ1) is 15.0. The number of morpholine rings is 1. The lowest BCUT2D eigenvalue weighted by Crippen LogP contribution is -2.59. The summed E-state index contributed by atoms with van der Waals surface area (Å²) in [6.45, 7) is 4.40. The largest absolute Gasteiger partial charge is 0.379 e. The van der Waals surface area contributed by atoms with E-state index in [-0.39, 0.29) is 17.2 Å². The van der Waals surface area contributed by atoms with Crippen LogP contribution in [0.1, 0.15) is 42.5 Å². The molecule has 1 saturated carbocycles. The van der Waals surface area contributed by atoms with Gasteiger partial charge in [0.1, 0.15) is 0 Å². The standard InChI is InChI=1S/C21H28N4O4S2/c26-19(22-15-21(6-2-1-3-7-21)24-8-11-29-12-9-24)16-4-5-17-18(14-16)30-20-23-31(27,28)13-10-25(17)20/h4-5,14H,1-3,6-13,15H2,(H,22,26). The summed E-state index contributed by atoms with van der Waals surface area (Å²) in [5.74, 6) is -0.0661. The molecule has 1 aromatic rings. The zero-order chi connectivity index (χ0) is 21.5. The molecule has 1 N–H and O–H groups in total. The molecule has 1 aromatic carbocycles. The SMILES string of the molecule is O=C(NCC1(N2CCOCC2)CCCCC1)c1ccc2c(c1)SC1=NS(=O)(=O)CCN12. The molecule has 0 unspecified atom stereocenters. The van der Waals surface area contributed by atoms with Crippen LogP contribution >= 0.6 is 11.8 Å². The van der Waals surface area contributed by atoms with Crippen LogP contribution in [0.25, 0.3) is 0 Å². The molecule has 0 aromatic heterocycles. The van der Waals surface area contributed by atoms with Crippen LogP contribution in [-0.2, 0) is 14.8 Å². The molecule has 1 aliphatic carbocycles. The van der Waals surface area contributed by atoms with Gasteiger partial charge >= 0.3 is 0 Å². The number of thioether (sulfide) groups is 1. The van der Waals surface area contributed by atoms with E-state index in [1.807, 2.05) is 23.1 Å². The predicted octanol–water partition coefficient (Wildman–Crippen LogP) is 2.06. The Balaban J connectivity index is 1.30. The number of sulfonamides is 1. The lowest BCUT2D eigenvalue weighted by molar-refractivity contribution is -0.0361. The number of carbonyl (C=O) groups excluding carboxylic acids is 1. The van der Waals surface area contributed by atoms with Crippen LogP contribution < -0.4 is 10.2 Å². The maximum atomic E-state index is 13.0. The summed E-state index contributed by atoms with van der Waals surface area (Å²) in [5.41, 5.74) is 1.54. The van der Waals surface area contributed by atoms with Gasteiger partial charge in [0.05, 0.1) is 24.7 Å². The summed E-state index contributed by atoms with van der Waals surface area (Å²) in [6, 6.07) is 5.57. The number of benzene rings is 1. The Hall–Kier alpha value is -1.62. The first-order valence-electron chi connectivity index (χ1n) is 11.0. The van der Waals surface area contributed by atoms with Crippen LogP contribution in [0.4, 0.5) is 5.69 Å². The predicted molar refractivity (Wildman–Crippen MR) is 121 cm³/mol. The van der Waals surface area contributed by atoms with Gasteiger partial charge in [-0.25, -0.2) is 8.42 Å². The summed E-state index contributed by atoms with van der Waals surface area (Å²) in [4.78, 5) is 18.3. The molecule has 168 valence electrons. The highest BCUT2D eigenvalue weighted by Gasteiger charge is 2.39. The molecule has 10 heteroatoms. The third-order valence-corrected chi connectivity index (χ3v) is 9.09. The fourth-order valence-electron chi connectivity index (χ4n) is 5.07. The number of amidine groups is 1. The lowest BCUT2D eigenvalue weighted by Gasteiger charge is -2.48. The fraction of sp³-hybridized carbons (Fsp3) is 0.619. The molecule has 1 amide bonds.